The number of fused-ring (bicyclic) bond motifs is 1. The van der Waals surface area contributed by atoms with Gasteiger partial charge in [-0.2, -0.15) is 0 Å². The van der Waals surface area contributed by atoms with E-state index in [-0.39, 0.29) is 11.8 Å². The fraction of sp³-hybridized carbons (Fsp3) is 0.200. The molecular formula is C25H24N2O3. The third-order valence-corrected chi connectivity index (χ3v) is 5.43. The summed E-state index contributed by atoms with van der Waals surface area (Å²) in [6, 6.07) is 21.1. The number of imide groups is 1. The fourth-order valence-corrected chi connectivity index (χ4v) is 3.77. The topological polar surface area (TPSA) is 49.9 Å². The highest BCUT2D eigenvalue weighted by molar-refractivity contribution is 6.36. The zero-order chi connectivity index (χ0) is 21.3. The lowest BCUT2D eigenvalue weighted by molar-refractivity contribution is 0.0926. The minimum Gasteiger partial charge on any atom is -0.497 e. The molecule has 0 atom stereocenters. The Morgan fingerprint density at radius 1 is 0.800 bits per heavy atom. The lowest BCUT2D eigenvalue weighted by Gasteiger charge is -2.17. The van der Waals surface area contributed by atoms with Gasteiger partial charge in [-0.25, -0.2) is 4.90 Å². The largest absolute Gasteiger partial charge is 0.497 e. The van der Waals surface area contributed by atoms with Crippen LogP contribution in [0.2, 0.25) is 0 Å². The Balaban J connectivity index is 1.50. The minimum atomic E-state index is -0.273. The van der Waals surface area contributed by atoms with Crippen LogP contribution in [0.5, 0.6) is 5.75 Å². The number of anilines is 2. The third-order valence-electron chi connectivity index (χ3n) is 5.43. The van der Waals surface area contributed by atoms with Crippen LogP contribution in [0, 0.1) is 0 Å². The summed E-state index contributed by atoms with van der Waals surface area (Å²) in [5.74, 6) is 0.302. The van der Waals surface area contributed by atoms with Crippen LogP contribution >= 0.6 is 0 Å². The maximum absolute atomic E-state index is 13.0. The molecule has 152 valence electrons. The van der Waals surface area contributed by atoms with Gasteiger partial charge in [0.2, 0.25) is 0 Å². The highest BCUT2D eigenvalue weighted by Gasteiger charge is 2.38. The normalized spacial score (nSPS) is 12.8. The number of amides is 2. The van der Waals surface area contributed by atoms with Crippen LogP contribution in [0.15, 0.2) is 66.7 Å². The summed E-state index contributed by atoms with van der Waals surface area (Å²) in [5, 5.41) is 0. The van der Waals surface area contributed by atoms with Crippen molar-refractivity contribution in [2.24, 2.45) is 0 Å². The molecule has 0 N–H and O–H groups in total. The van der Waals surface area contributed by atoms with Crippen molar-refractivity contribution < 1.29 is 14.3 Å². The van der Waals surface area contributed by atoms with Gasteiger partial charge in [-0.05, 0) is 60.4 Å². The standard InChI is InChI=1S/C25H24N2O3/c1-26(2)22-6-4-5-21-23(22)25(29)27(24(21)28)19-13-9-17(10-14-19)7-8-18-11-15-20(30-3)16-12-18/h4-6,9-16H,7-8H2,1-3H3. The van der Waals surface area contributed by atoms with Gasteiger partial charge in [-0.15, -0.1) is 0 Å². The quantitative estimate of drug-likeness (QED) is 0.578. The second-order valence-corrected chi connectivity index (χ2v) is 7.55. The fourth-order valence-electron chi connectivity index (χ4n) is 3.77. The second kappa shape index (κ2) is 8.03. The van der Waals surface area contributed by atoms with Gasteiger partial charge in [0.15, 0.2) is 0 Å². The van der Waals surface area contributed by atoms with Gasteiger partial charge < -0.3 is 9.64 Å². The van der Waals surface area contributed by atoms with E-state index in [0.29, 0.717) is 16.8 Å². The Hall–Kier alpha value is -3.60. The zero-order valence-corrected chi connectivity index (χ0v) is 17.4. The number of carbonyl (C=O) groups excluding carboxylic acids is 2. The molecule has 0 spiro atoms. The molecule has 30 heavy (non-hydrogen) atoms. The summed E-state index contributed by atoms with van der Waals surface area (Å²) in [6.07, 6.45) is 1.78. The molecule has 0 unspecified atom stereocenters. The van der Waals surface area contributed by atoms with Gasteiger partial charge in [0.25, 0.3) is 11.8 Å². The molecule has 0 radical (unpaired) electrons. The molecule has 0 aromatic heterocycles. The number of nitrogens with zero attached hydrogens (tertiary/aromatic N) is 2. The van der Waals surface area contributed by atoms with Crippen LogP contribution in [0.4, 0.5) is 11.4 Å². The molecule has 3 aromatic carbocycles. The first-order chi connectivity index (χ1) is 14.5. The molecule has 1 aliphatic rings. The van der Waals surface area contributed by atoms with Crippen molar-refractivity contribution in [3.8, 4) is 5.75 Å². The highest BCUT2D eigenvalue weighted by Crippen LogP contribution is 2.34. The molecule has 1 heterocycles. The summed E-state index contributed by atoms with van der Waals surface area (Å²) < 4.78 is 5.19. The monoisotopic (exact) mass is 400 g/mol. The molecule has 5 heteroatoms. The first-order valence-electron chi connectivity index (χ1n) is 9.90. The molecule has 0 bridgehead atoms. The smallest absolute Gasteiger partial charge is 0.268 e. The number of ether oxygens (including phenoxy) is 1. The third kappa shape index (κ3) is 3.54. The summed E-state index contributed by atoms with van der Waals surface area (Å²) in [7, 11) is 5.40. The average Bonchev–Trinajstić information content (AvgIpc) is 3.03. The van der Waals surface area contributed by atoms with Crippen molar-refractivity contribution in [2.75, 3.05) is 31.0 Å². The van der Waals surface area contributed by atoms with Gasteiger partial charge in [0, 0.05) is 19.8 Å². The Bertz CT molecular complexity index is 1090. The molecule has 0 saturated carbocycles. The van der Waals surface area contributed by atoms with Gasteiger partial charge in [0.1, 0.15) is 5.75 Å². The van der Waals surface area contributed by atoms with Crippen LogP contribution in [0.1, 0.15) is 31.8 Å². The van der Waals surface area contributed by atoms with Crippen molar-refractivity contribution >= 4 is 23.2 Å². The van der Waals surface area contributed by atoms with E-state index in [4.69, 9.17) is 4.74 Å². The molecule has 0 fully saturated rings. The van der Waals surface area contributed by atoms with Crippen molar-refractivity contribution in [2.45, 2.75) is 12.8 Å². The van der Waals surface area contributed by atoms with Gasteiger partial charge in [0.05, 0.1) is 23.9 Å². The predicted molar refractivity (Wildman–Crippen MR) is 119 cm³/mol. The second-order valence-electron chi connectivity index (χ2n) is 7.55. The number of carbonyl (C=O) groups is 2. The number of rotatable bonds is 6. The Morgan fingerprint density at radius 2 is 1.40 bits per heavy atom. The van der Waals surface area contributed by atoms with Crippen LogP contribution in [0.3, 0.4) is 0 Å². The number of hydrogen-bond acceptors (Lipinski definition) is 4. The van der Waals surface area contributed by atoms with E-state index in [1.54, 1.807) is 13.2 Å². The summed E-state index contributed by atoms with van der Waals surface area (Å²) in [4.78, 5) is 29.1. The maximum Gasteiger partial charge on any atom is 0.268 e. The number of aryl methyl sites for hydroxylation is 2. The molecule has 0 aliphatic carbocycles. The van der Waals surface area contributed by atoms with Gasteiger partial charge in [-0.3, -0.25) is 9.59 Å². The summed E-state index contributed by atoms with van der Waals surface area (Å²) in [5.41, 5.74) is 4.66. The molecule has 3 aromatic rings. The van der Waals surface area contributed by atoms with Gasteiger partial charge in [-0.1, -0.05) is 30.3 Å². The Morgan fingerprint density at radius 3 is 1.97 bits per heavy atom. The predicted octanol–water partition coefficient (Wildman–Crippen LogP) is 4.35. The van der Waals surface area contributed by atoms with Crippen LogP contribution < -0.4 is 14.5 Å². The SMILES string of the molecule is COc1ccc(CCc2ccc(N3C(=O)c4cccc(N(C)C)c4C3=O)cc2)cc1. The van der Waals surface area contributed by atoms with Gasteiger partial charge >= 0.3 is 0 Å². The van der Waals surface area contributed by atoms with Crippen molar-refractivity contribution in [3.05, 3.63) is 89.0 Å². The van der Waals surface area contributed by atoms with E-state index in [9.17, 15) is 9.59 Å². The lowest BCUT2D eigenvalue weighted by atomic mass is 10.0. The van der Waals surface area contributed by atoms with Crippen LogP contribution in [-0.2, 0) is 12.8 Å². The summed E-state index contributed by atoms with van der Waals surface area (Å²) >= 11 is 0. The van der Waals surface area contributed by atoms with Crippen LogP contribution in [0.25, 0.3) is 0 Å². The number of hydrogen-bond donors (Lipinski definition) is 0. The van der Waals surface area contributed by atoms with Crippen molar-refractivity contribution in [1.82, 2.24) is 0 Å². The molecule has 4 rings (SSSR count). The maximum atomic E-state index is 13.0. The number of benzene rings is 3. The number of methoxy groups -OCH3 is 1. The molecule has 0 saturated heterocycles. The van der Waals surface area contributed by atoms with Crippen LogP contribution in [-0.4, -0.2) is 33.0 Å². The lowest BCUT2D eigenvalue weighted by Crippen LogP contribution is -2.29. The van der Waals surface area contributed by atoms with E-state index >= 15 is 0 Å². The first kappa shape index (κ1) is 19.7. The average molecular weight is 400 g/mol. The molecular weight excluding hydrogens is 376 g/mol. The van der Waals surface area contributed by atoms with E-state index < -0.39 is 0 Å². The Kier molecular flexibility index (Phi) is 5.27. The first-order valence-corrected chi connectivity index (χ1v) is 9.90. The van der Waals surface area contributed by atoms with E-state index in [1.165, 1.54) is 10.5 Å². The molecule has 1 aliphatic heterocycles. The van der Waals surface area contributed by atoms with Crippen molar-refractivity contribution in [1.29, 1.82) is 0 Å². The van der Waals surface area contributed by atoms with E-state index in [2.05, 4.69) is 12.1 Å². The van der Waals surface area contributed by atoms with Crippen molar-refractivity contribution in [3.63, 3.8) is 0 Å². The molecule has 2 amide bonds. The zero-order valence-electron chi connectivity index (χ0n) is 17.4. The Labute approximate surface area is 176 Å². The molecule has 5 nitrogen and oxygen atoms in total. The van der Waals surface area contributed by atoms with E-state index in [1.807, 2.05) is 67.5 Å². The highest BCUT2D eigenvalue weighted by atomic mass is 16.5. The van der Waals surface area contributed by atoms with E-state index in [0.717, 1.165) is 29.8 Å². The minimum absolute atomic E-state index is 0.273. The summed E-state index contributed by atoms with van der Waals surface area (Å²) in [6.45, 7) is 0.